The van der Waals surface area contributed by atoms with Crippen molar-refractivity contribution >= 4 is 23.4 Å². The summed E-state index contributed by atoms with van der Waals surface area (Å²) in [6, 6.07) is 7.41. The predicted octanol–water partition coefficient (Wildman–Crippen LogP) is 2.75. The second kappa shape index (κ2) is 6.23. The van der Waals surface area contributed by atoms with Crippen LogP contribution in [0, 0.1) is 0 Å². The number of benzene rings is 1. The van der Waals surface area contributed by atoms with Gasteiger partial charge in [-0.05, 0) is 30.7 Å². The zero-order valence-electron chi connectivity index (χ0n) is 9.11. The van der Waals surface area contributed by atoms with E-state index in [1.807, 2.05) is 24.3 Å². The van der Waals surface area contributed by atoms with Gasteiger partial charge in [0.15, 0.2) is 0 Å². The molecule has 0 bridgehead atoms. The molecular formula is C11H15ClN2O2. The van der Waals surface area contributed by atoms with Crippen LogP contribution in [0.15, 0.2) is 24.3 Å². The van der Waals surface area contributed by atoms with Gasteiger partial charge in [-0.25, -0.2) is 4.79 Å². The third-order valence-corrected chi connectivity index (χ3v) is 2.42. The minimum Gasteiger partial charge on any atom is -0.465 e. The number of nitrogens with zero attached hydrogens (tertiary/aromatic N) is 1. The van der Waals surface area contributed by atoms with Crippen molar-refractivity contribution in [3.8, 4) is 0 Å². The number of rotatable bonds is 5. The molecule has 0 atom stereocenters. The largest absolute Gasteiger partial charge is 0.465 e. The Labute approximate surface area is 99.8 Å². The van der Waals surface area contributed by atoms with Crippen LogP contribution in [-0.4, -0.2) is 36.2 Å². The zero-order chi connectivity index (χ0) is 12.0. The van der Waals surface area contributed by atoms with Gasteiger partial charge in [-0.2, -0.15) is 0 Å². The van der Waals surface area contributed by atoms with Crippen LogP contribution in [0.5, 0.6) is 0 Å². The highest BCUT2D eigenvalue weighted by atomic mass is 35.5. The first-order valence-corrected chi connectivity index (χ1v) is 5.41. The van der Waals surface area contributed by atoms with E-state index in [1.54, 1.807) is 7.05 Å². The van der Waals surface area contributed by atoms with E-state index in [0.29, 0.717) is 11.6 Å². The van der Waals surface area contributed by atoms with Crippen molar-refractivity contribution in [3.63, 3.8) is 0 Å². The summed E-state index contributed by atoms with van der Waals surface area (Å²) in [5, 5.41) is 12.5. The molecule has 1 aromatic rings. The van der Waals surface area contributed by atoms with Crippen LogP contribution in [-0.2, 0) is 0 Å². The van der Waals surface area contributed by atoms with Gasteiger partial charge >= 0.3 is 6.09 Å². The molecule has 0 fully saturated rings. The van der Waals surface area contributed by atoms with Crippen molar-refractivity contribution in [3.05, 3.63) is 29.3 Å². The van der Waals surface area contributed by atoms with Gasteiger partial charge in [0.1, 0.15) is 0 Å². The molecule has 0 aliphatic heterocycles. The Morgan fingerprint density at radius 3 is 2.62 bits per heavy atom. The molecule has 0 heterocycles. The van der Waals surface area contributed by atoms with E-state index in [1.165, 1.54) is 4.90 Å². The van der Waals surface area contributed by atoms with Crippen LogP contribution in [0.2, 0.25) is 5.02 Å². The number of anilines is 1. The standard InChI is InChI=1S/C11H15ClN2O2/c1-14(11(15)16)8-2-7-13-10-5-3-9(12)4-6-10/h3-6,13H,2,7-8H2,1H3,(H,15,16). The van der Waals surface area contributed by atoms with E-state index in [2.05, 4.69) is 5.32 Å². The number of carboxylic acid groups (broad SMARTS) is 1. The van der Waals surface area contributed by atoms with Crippen LogP contribution in [0.25, 0.3) is 0 Å². The molecule has 5 heteroatoms. The summed E-state index contributed by atoms with van der Waals surface area (Å²) >= 11 is 5.75. The van der Waals surface area contributed by atoms with Crippen molar-refractivity contribution in [2.45, 2.75) is 6.42 Å². The monoisotopic (exact) mass is 242 g/mol. The Kier molecular flexibility index (Phi) is 4.92. The fourth-order valence-corrected chi connectivity index (χ4v) is 1.34. The Bertz CT molecular complexity index is 340. The van der Waals surface area contributed by atoms with Gasteiger partial charge in [0, 0.05) is 30.8 Å². The van der Waals surface area contributed by atoms with Crippen molar-refractivity contribution in [2.24, 2.45) is 0 Å². The van der Waals surface area contributed by atoms with Gasteiger partial charge in [0.25, 0.3) is 0 Å². The molecule has 1 amide bonds. The highest BCUT2D eigenvalue weighted by Crippen LogP contribution is 2.13. The van der Waals surface area contributed by atoms with E-state index in [4.69, 9.17) is 16.7 Å². The van der Waals surface area contributed by atoms with Crippen LogP contribution < -0.4 is 5.32 Å². The molecule has 0 radical (unpaired) electrons. The maximum atomic E-state index is 10.5. The quantitative estimate of drug-likeness (QED) is 0.781. The fourth-order valence-electron chi connectivity index (χ4n) is 1.21. The summed E-state index contributed by atoms with van der Waals surface area (Å²) < 4.78 is 0. The van der Waals surface area contributed by atoms with Crippen LogP contribution in [0.3, 0.4) is 0 Å². The molecule has 88 valence electrons. The van der Waals surface area contributed by atoms with E-state index in [-0.39, 0.29) is 0 Å². The van der Waals surface area contributed by atoms with Gasteiger partial charge in [-0.3, -0.25) is 0 Å². The molecule has 16 heavy (non-hydrogen) atoms. The lowest BCUT2D eigenvalue weighted by molar-refractivity contribution is 0.156. The van der Waals surface area contributed by atoms with Crippen molar-refractivity contribution in [2.75, 3.05) is 25.5 Å². The maximum absolute atomic E-state index is 10.5. The van der Waals surface area contributed by atoms with E-state index in [0.717, 1.165) is 18.7 Å². The van der Waals surface area contributed by atoms with Crippen LogP contribution in [0.1, 0.15) is 6.42 Å². The number of hydrogen-bond donors (Lipinski definition) is 2. The Morgan fingerprint density at radius 1 is 1.44 bits per heavy atom. The first-order valence-electron chi connectivity index (χ1n) is 5.03. The fraction of sp³-hybridized carbons (Fsp3) is 0.364. The number of nitrogens with one attached hydrogen (secondary N) is 1. The smallest absolute Gasteiger partial charge is 0.407 e. The zero-order valence-corrected chi connectivity index (χ0v) is 9.87. The lowest BCUT2D eigenvalue weighted by Crippen LogP contribution is -2.26. The summed E-state index contributed by atoms with van der Waals surface area (Å²) in [4.78, 5) is 11.8. The maximum Gasteiger partial charge on any atom is 0.407 e. The number of amides is 1. The SMILES string of the molecule is CN(CCCNc1ccc(Cl)cc1)C(=O)O. The molecule has 0 spiro atoms. The van der Waals surface area contributed by atoms with Gasteiger partial charge in [0.05, 0.1) is 0 Å². The molecule has 2 N–H and O–H groups in total. The molecule has 0 aliphatic rings. The van der Waals surface area contributed by atoms with Crippen LogP contribution in [0.4, 0.5) is 10.5 Å². The average Bonchev–Trinajstić information content (AvgIpc) is 2.26. The number of halogens is 1. The molecule has 0 aromatic heterocycles. The molecule has 4 nitrogen and oxygen atoms in total. The molecule has 0 aliphatic carbocycles. The minimum absolute atomic E-state index is 0.524. The summed E-state index contributed by atoms with van der Waals surface area (Å²) in [5.41, 5.74) is 0.988. The van der Waals surface area contributed by atoms with E-state index >= 15 is 0 Å². The topological polar surface area (TPSA) is 52.6 Å². The third kappa shape index (κ3) is 4.40. The Balaban J connectivity index is 2.21. The van der Waals surface area contributed by atoms with E-state index in [9.17, 15) is 4.79 Å². The summed E-state index contributed by atoms with van der Waals surface area (Å²) in [6.45, 7) is 1.26. The highest BCUT2D eigenvalue weighted by Gasteiger charge is 2.03. The van der Waals surface area contributed by atoms with Crippen molar-refractivity contribution < 1.29 is 9.90 Å². The van der Waals surface area contributed by atoms with Gasteiger partial charge < -0.3 is 15.3 Å². The first kappa shape index (κ1) is 12.6. The highest BCUT2D eigenvalue weighted by molar-refractivity contribution is 6.30. The minimum atomic E-state index is -0.897. The van der Waals surface area contributed by atoms with Crippen LogP contribution >= 0.6 is 11.6 Å². The summed E-state index contributed by atoms with van der Waals surface area (Å²) in [6.07, 6.45) is -0.127. The van der Waals surface area contributed by atoms with Gasteiger partial charge in [0.2, 0.25) is 0 Å². The molecule has 1 aromatic carbocycles. The average molecular weight is 243 g/mol. The van der Waals surface area contributed by atoms with E-state index < -0.39 is 6.09 Å². The Morgan fingerprint density at radius 2 is 2.06 bits per heavy atom. The number of hydrogen-bond acceptors (Lipinski definition) is 2. The molecule has 0 saturated heterocycles. The lowest BCUT2D eigenvalue weighted by atomic mass is 10.3. The molecule has 0 unspecified atom stereocenters. The third-order valence-electron chi connectivity index (χ3n) is 2.17. The van der Waals surface area contributed by atoms with Gasteiger partial charge in [-0.1, -0.05) is 11.6 Å². The second-order valence-electron chi connectivity index (χ2n) is 3.49. The first-order chi connectivity index (χ1) is 7.59. The summed E-state index contributed by atoms with van der Waals surface area (Å²) in [7, 11) is 1.56. The Hall–Kier alpha value is -1.42. The van der Waals surface area contributed by atoms with Gasteiger partial charge in [-0.15, -0.1) is 0 Å². The molecular weight excluding hydrogens is 228 g/mol. The molecule has 1 rings (SSSR count). The lowest BCUT2D eigenvalue weighted by Gasteiger charge is -2.13. The summed E-state index contributed by atoms with van der Waals surface area (Å²) in [5.74, 6) is 0. The second-order valence-corrected chi connectivity index (χ2v) is 3.93. The van der Waals surface area contributed by atoms with Crippen molar-refractivity contribution in [1.82, 2.24) is 4.90 Å². The predicted molar refractivity (Wildman–Crippen MR) is 65.2 cm³/mol. The number of carbonyl (C=O) groups is 1. The van der Waals surface area contributed by atoms with Crippen molar-refractivity contribution in [1.29, 1.82) is 0 Å². The molecule has 0 saturated carbocycles. The normalized spacial score (nSPS) is 9.88.